The van der Waals surface area contributed by atoms with E-state index in [1.54, 1.807) is 0 Å². The first-order valence-corrected chi connectivity index (χ1v) is 9.28. The van der Waals surface area contributed by atoms with Gasteiger partial charge in [-0.25, -0.2) is 9.97 Å². The van der Waals surface area contributed by atoms with Gasteiger partial charge in [0.25, 0.3) is 5.91 Å². The highest BCUT2D eigenvalue weighted by molar-refractivity contribution is 6.02. The fourth-order valence-corrected chi connectivity index (χ4v) is 2.61. The second kappa shape index (κ2) is 8.99. The molecule has 0 bridgehead atoms. The van der Waals surface area contributed by atoms with Gasteiger partial charge >= 0.3 is 0 Å². The Morgan fingerprint density at radius 1 is 0.964 bits per heavy atom. The number of aromatic nitrogens is 2. The quantitative estimate of drug-likeness (QED) is 0.607. The lowest BCUT2D eigenvalue weighted by atomic mass is 10.0. The van der Waals surface area contributed by atoms with Crippen molar-refractivity contribution in [1.82, 2.24) is 9.97 Å². The molecule has 0 unspecified atom stereocenters. The van der Waals surface area contributed by atoms with Gasteiger partial charge in [-0.2, -0.15) is 0 Å². The van der Waals surface area contributed by atoms with Crippen molar-refractivity contribution in [3.63, 3.8) is 0 Å². The molecule has 0 atom stereocenters. The Labute approximate surface area is 165 Å². The SMILES string of the molecule is CCOc1ccc(Nc2cnc(C(=O)Nc3ccc(C(C)C)cc3)cn2)cc1. The smallest absolute Gasteiger partial charge is 0.275 e. The van der Waals surface area contributed by atoms with E-state index in [1.165, 1.54) is 18.0 Å². The highest BCUT2D eigenvalue weighted by atomic mass is 16.5. The van der Waals surface area contributed by atoms with E-state index >= 15 is 0 Å². The molecule has 2 aromatic carbocycles. The molecule has 0 saturated heterocycles. The molecular formula is C22H24N4O2. The lowest BCUT2D eigenvalue weighted by Gasteiger charge is -2.09. The van der Waals surface area contributed by atoms with Crippen LogP contribution in [-0.2, 0) is 0 Å². The molecule has 6 nitrogen and oxygen atoms in total. The molecule has 3 rings (SSSR count). The van der Waals surface area contributed by atoms with E-state index in [-0.39, 0.29) is 11.6 Å². The Bertz CT molecular complexity index is 905. The summed E-state index contributed by atoms with van der Waals surface area (Å²) in [4.78, 5) is 20.8. The Balaban J connectivity index is 1.60. The molecule has 0 spiro atoms. The molecular weight excluding hydrogens is 352 g/mol. The van der Waals surface area contributed by atoms with Crippen LogP contribution in [0.1, 0.15) is 42.7 Å². The molecule has 1 amide bonds. The summed E-state index contributed by atoms with van der Waals surface area (Å²) in [6.07, 6.45) is 2.99. The Kier molecular flexibility index (Phi) is 6.22. The largest absolute Gasteiger partial charge is 0.494 e. The predicted octanol–water partition coefficient (Wildman–Crippen LogP) is 4.99. The van der Waals surface area contributed by atoms with Gasteiger partial charge in [0.2, 0.25) is 0 Å². The van der Waals surface area contributed by atoms with Gasteiger partial charge < -0.3 is 15.4 Å². The van der Waals surface area contributed by atoms with Gasteiger partial charge in [0.15, 0.2) is 0 Å². The summed E-state index contributed by atoms with van der Waals surface area (Å²) in [5.74, 6) is 1.53. The normalized spacial score (nSPS) is 10.6. The van der Waals surface area contributed by atoms with Crippen molar-refractivity contribution in [3.05, 3.63) is 72.2 Å². The Hall–Kier alpha value is -3.41. The van der Waals surface area contributed by atoms with Crippen molar-refractivity contribution in [1.29, 1.82) is 0 Å². The van der Waals surface area contributed by atoms with E-state index in [0.717, 1.165) is 17.1 Å². The summed E-state index contributed by atoms with van der Waals surface area (Å²) in [5, 5.41) is 5.98. The topological polar surface area (TPSA) is 76.1 Å². The third kappa shape index (κ3) is 5.07. The zero-order valence-electron chi connectivity index (χ0n) is 16.3. The fraction of sp³-hybridized carbons (Fsp3) is 0.227. The van der Waals surface area contributed by atoms with Crippen LogP contribution >= 0.6 is 0 Å². The molecule has 28 heavy (non-hydrogen) atoms. The maximum absolute atomic E-state index is 12.4. The van der Waals surface area contributed by atoms with E-state index in [1.807, 2.05) is 55.5 Å². The number of hydrogen-bond acceptors (Lipinski definition) is 5. The number of nitrogens with one attached hydrogen (secondary N) is 2. The Morgan fingerprint density at radius 2 is 1.64 bits per heavy atom. The van der Waals surface area contributed by atoms with Crippen LogP contribution in [0.4, 0.5) is 17.2 Å². The predicted molar refractivity (Wildman–Crippen MR) is 111 cm³/mol. The second-order valence-electron chi connectivity index (χ2n) is 6.60. The van der Waals surface area contributed by atoms with E-state index in [2.05, 4.69) is 34.4 Å². The summed E-state index contributed by atoms with van der Waals surface area (Å²) < 4.78 is 5.42. The van der Waals surface area contributed by atoms with Gasteiger partial charge in [-0.3, -0.25) is 4.79 Å². The number of benzene rings is 2. The van der Waals surface area contributed by atoms with Crippen LogP contribution in [0.3, 0.4) is 0 Å². The van der Waals surface area contributed by atoms with Crippen LogP contribution in [0.15, 0.2) is 60.9 Å². The first-order chi connectivity index (χ1) is 13.5. The van der Waals surface area contributed by atoms with Gasteiger partial charge in [-0.05, 0) is 54.8 Å². The molecule has 0 aliphatic rings. The lowest BCUT2D eigenvalue weighted by Crippen LogP contribution is -2.14. The molecule has 0 aliphatic heterocycles. The van der Waals surface area contributed by atoms with E-state index in [9.17, 15) is 4.79 Å². The number of anilines is 3. The first kappa shape index (κ1) is 19.4. The third-order valence-corrected chi connectivity index (χ3v) is 4.16. The maximum atomic E-state index is 12.4. The Morgan fingerprint density at radius 3 is 2.21 bits per heavy atom. The van der Waals surface area contributed by atoms with Gasteiger partial charge in [-0.15, -0.1) is 0 Å². The van der Waals surface area contributed by atoms with Crippen LogP contribution in [0, 0.1) is 0 Å². The van der Waals surface area contributed by atoms with E-state index < -0.39 is 0 Å². The van der Waals surface area contributed by atoms with Crippen molar-refractivity contribution in [2.45, 2.75) is 26.7 Å². The van der Waals surface area contributed by atoms with E-state index in [4.69, 9.17) is 4.74 Å². The third-order valence-electron chi connectivity index (χ3n) is 4.16. The highest BCUT2D eigenvalue weighted by Crippen LogP contribution is 2.19. The molecule has 3 aromatic rings. The molecule has 2 N–H and O–H groups in total. The van der Waals surface area contributed by atoms with Gasteiger partial charge in [0.1, 0.15) is 17.3 Å². The zero-order chi connectivity index (χ0) is 19.9. The summed E-state index contributed by atoms with van der Waals surface area (Å²) in [5.41, 5.74) is 3.07. The van der Waals surface area contributed by atoms with Crippen molar-refractivity contribution < 1.29 is 9.53 Å². The number of nitrogens with zero attached hydrogens (tertiary/aromatic N) is 2. The minimum Gasteiger partial charge on any atom is -0.494 e. The molecule has 144 valence electrons. The summed E-state index contributed by atoms with van der Waals surface area (Å²) >= 11 is 0. The highest BCUT2D eigenvalue weighted by Gasteiger charge is 2.09. The zero-order valence-corrected chi connectivity index (χ0v) is 16.3. The average Bonchev–Trinajstić information content (AvgIpc) is 2.70. The average molecular weight is 376 g/mol. The number of carbonyl (C=O) groups is 1. The van der Waals surface area contributed by atoms with Crippen LogP contribution in [0.2, 0.25) is 0 Å². The standard InChI is InChI=1S/C22H24N4O2/c1-4-28-19-11-9-17(10-12-19)25-21-14-23-20(13-24-21)22(27)26-18-7-5-16(6-8-18)15(2)3/h5-15H,4H2,1-3H3,(H,24,25)(H,26,27). The lowest BCUT2D eigenvalue weighted by molar-refractivity contribution is 0.102. The summed E-state index contributed by atoms with van der Waals surface area (Å²) in [6.45, 7) is 6.84. The number of rotatable bonds is 7. The van der Waals surface area contributed by atoms with Crippen LogP contribution in [0.25, 0.3) is 0 Å². The number of amides is 1. The van der Waals surface area contributed by atoms with Crippen molar-refractivity contribution >= 4 is 23.1 Å². The summed E-state index contributed by atoms with van der Waals surface area (Å²) in [7, 11) is 0. The molecule has 1 aromatic heterocycles. The number of carbonyl (C=O) groups excluding carboxylic acids is 1. The molecule has 0 aliphatic carbocycles. The first-order valence-electron chi connectivity index (χ1n) is 9.28. The minimum absolute atomic E-state index is 0.255. The van der Waals surface area contributed by atoms with Gasteiger partial charge in [-0.1, -0.05) is 26.0 Å². The second-order valence-corrected chi connectivity index (χ2v) is 6.60. The van der Waals surface area contributed by atoms with Crippen molar-refractivity contribution in [3.8, 4) is 5.75 Å². The molecule has 1 heterocycles. The van der Waals surface area contributed by atoms with Crippen LogP contribution < -0.4 is 15.4 Å². The number of hydrogen-bond donors (Lipinski definition) is 2. The fourth-order valence-electron chi connectivity index (χ4n) is 2.61. The minimum atomic E-state index is -0.294. The monoisotopic (exact) mass is 376 g/mol. The molecule has 0 radical (unpaired) electrons. The maximum Gasteiger partial charge on any atom is 0.275 e. The van der Waals surface area contributed by atoms with Crippen LogP contribution in [-0.4, -0.2) is 22.5 Å². The molecule has 0 fully saturated rings. The molecule has 6 heteroatoms. The van der Waals surface area contributed by atoms with Crippen molar-refractivity contribution in [2.24, 2.45) is 0 Å². The van der Waals surface area contributed by atoms with Crippen LogP contribution in [0.5, 0.6) is 5.75 Å². The van der Waals surface area contributed by atoms with Crippen molar-refractivity contribution in [2.75, 3.05) is 17.2 Å². The van der Waals surface area contributed by atoms with Gasteiger partial charge in [0, 0.05) is 11.4 Å². The summed E-state index contributed by atoms with van der Waals surface area (Å²) in [6, 6.07) is 15.4. The number of ether oxygens (including phenoxy) is 1. The molecule has 0 saturated carbocycles. The van der Waals surface area contributed by atoms with Gasteiger partial charge in [0.05, 0.1) is 19.0 Å². The van der Waals surface area contributed by atoms with E-state index in [0.29, 0.717) is 18.3 Å².